The molecule has 0 spiro atoms. The quantitative estimate of drug-likeness (QED) is 0.603. The lowest BCUT2D eigenvalue weighted by Gasteiger charge is -2.18. The zero-order chi connectivity index (χ0) is 9.36. The van der Waals surface area contributed by atoms with Crippen LogP contribution in [0.5, 0.6) is 0 Å². The van der Waals surface area contributed by atoms with E-state index in [1.165, 1.54) is 57.8 Å². The lowest BCUT2D eigenvalue weighted by molar-refractivity contribution is 0.192. The molecule has 0 atom stereocenters. The van der Waals surface area contributed by atoms with Crippen molar-refractivity contribution < 1.29 is 4.74 Å². The smallest absolute Gasteiger partial charge is 0.0462 e. The van der Waals surface area contributed by atoms with Gasteiger partial charge in [-0.25, -0.2) is 0 Å². The number of hydrogen-bond acceptors (Lipinski definition) is 1. The first-order chi connectivity index (χ1) is 6.43. The van der Waals surface area contributed by atoms with Crippen LogP contribution in [0.3, 0.4) is 0 Å². The van der Waals surface area contributed by atoms with Gasteiger partial charge in [-0.15, -0.1) is 0 Å². The van der Waals surface area contributed by atoms with Gasteiger partial charge >= 0.3 is 0 Å². The molecular formula is C12H23O. The van der Waals surface area contributed by atoms with Crippen LogP contribution in [0.25, 0.3) is 0 Å². The predicted molar refractivity (Wildman–Crippen MR) is 56.7 cm³/mol. The van der Waals surface area contributed by atoms with Crippen molar-refractivity contribution in [2.45, 2.75) is 57.8 Å². The van der Waals surface area contributed by atoms with Crippen molar-refractivity contribution in [3.05, 3.63) is 5.92 Å². The molecule has 1 saturated carbocycles. The summed E-state index contributed by atoms with van der Waals surface area (Å²) >= 11 is 0. The first kappa shape index (κ1) is 11.0. The fourth-order valence-electron chi connectivity index (χ4n) is 2.12. The largest absolute Gasteiger partial charge is 0.385 e. The Kier molecular flexibility index (Phi) is 6.26. The SMILES string of the molecule is COCCC[C]1CCCCCCC1. The van der Waals surface area contributed by atoms with E-state index in [4.69, 9.17) is 4.74 Å². The van der Waals surface area contributed by atoms with Crippen molar-refractivity contribution in [1.82, 2.24) is 0 Å². The Morgan fingerprint density at radius 3 is 2.23 bits per heavy atom. The van der Waals surface area contributed by atoms with E-state index in [-0.39, 0.29) is 0 Å². The summed E-state index contributed by atoms with van der Waals surface area (Å²) in [6.45, 7) is 0.934. The third-order valence-corrected chi connectivity index (χ3v) is 2.94. The summed E-state index contributed by atoms with van der Waals surface area (Å²) in [7, 11) is 1.79. The molecule has 0 bridgehead atoms. The van der Waals surface area contributed by atoms with Crippen LogP contribution in [-0.4, -0.2) is 13.7 Å². The van der Waals surface area contributed by atoms with Gasteiger partial charge in [0.1, 0.15) is 0 Å². The fraction of sp³-hybridized carbons (Fsp3) is 0.917. The van der Waals surface area contributed by atoms with Crippen LogP contribution in [0.4, 0.5) is 0 Å². The average molecular weight is 183 g/mol. The molecule has 1 rings (SSSR count). The summed E-state index contributed by atoms with van der Waals surface area (Å²) in [5.74, 6) is 1.80. The second-order valence-electron chi connectivity index (χ2n) is 4.11. The highest BCUT2D eigenvalue weighted by molar-refractivity contribution is 4.89. The van der Waals surface area contributed by atoms with E-state index < -0.39 is 0 Å². The van der Waals surface area contributed by atoms with Gasteiger partial charge in [-0.3, -0.25) is 0 Å². The number of rotatable bonds is 4. The monoisotopic (exact) mass is 183 g/mol. The summed E-state index contributed by atoms with van der Waals surface area (Å²) in [5.41, 5.74) is 0. The second kappa shape index (κ2) is 7.37. The van der Waals surface area contributed by atoms with Crippen molar-refractivity contribution >= 4 is 0 Å². The second-order valence-corrected chi connectivity index (χ2v) is 4.11. The standard InChI is InChI=1S/C12H23O/c1-13-11-7-10-12-8-5-3-2-4-6-9-12/h2-11H2,1H3. The van der Waals surface area contributed by atoms with E-state index in [9.17, 15) is 0 Å². The zero-order valence-corrected chi connectivity index (χ0v) is 8.98. The first-order valence-corrected chi connectivity index (χ1v) is 5.76. The van der Waals surface area contributed by atoms with Crippen LogP contribution in [0.1, 0.15) is 57.8 Å². The van der Waals surface area contributed by atoms with E-state index in [0.29, 0.717) is 0 Å². The average Bonchev–Trinajstić information content (AvgIpc) is 2.08. The molecule has 0 aromatic heterocycles. The van der Waals surface area contributed by atoms with Crippen LogP contribution < -0.4 is 0 Å². The maximum atomic E-state index is 5.08. The molecule has 0 N–H and O–H groups in total. The minimum atomic E-state index is 0.934. The van der Waals surface area contributed by atoms with E-state index in [0.717, 1.165) is 6.61 Å². The Labute approximate surface area is 82.9 Å². The third kappa shape index (κ3) is 5.30. The van der Waals surface area contributed by atoms with Crippen molar-refractivity contribution in [3.63, 3.8) is 0 Å². The number of hydrogen-bond donors (Lipinski definition) is 0. The minimum absolute atomic E-state index is 0.934. The molecule has 1 radical (unpaired) electrons. The maximum Gasteiger partial charge on any atom is 0.0462 e. The van der Waals surface area contributed by atoms with Gasteiger partial charge < -0.3 is 4.74 Å². The van der Waals surface area contributed by atoms with E-state index in [1.54, 1.807) is 13.0 Å². The van der Waals surface area contributed by atoms with Crippen LogP contribution >= 0.6 is 0 Å². The Bertz CT molecular complexity index is 104. The molecule has 13 heavy (non-hydrogen) atoms. The predicted octanol–water partition coefficient (Wildman–Crippen LogP) is 3.73. The van der Waals surface area contributed by atoms with Gasteiger partial charge in [0.05, 0.1) is 0 Å². The first-order valence-electron chi connectivity index (χ1n) is 5.76. The highest BCUT2D eigenvalue weighted by atomic mass is 16.5. The topological polar surface area (TPSA) is 9.23 Å². The molecule has 0 saturated heterocycles. The highest BCUT2D eigenvalue weighted by Gasteiger charge is 2.10. The molecule has 0 aliphatic heterocycles. The number of ether oxygens (including phenoxy) is 1. The Morgan fingerprint density at radius 2 is 1.62 bits per heavy atom. The van der Waals surface area contributed by atoms with Gasteiger partial charge in [0.25, 0.3) is 0 Å². The van der Waals surface area contributed by atoms with E-state index >= 15 is 0 Å². The highest BCUT2D eigenvalue weighted by Crippen LogP contribution is 2.27. The molecule has 0 unspecified atom stereocenters. The number of methoxy groups -OCH3 is 1. The summed E-state index contributed by atoms with van der Waals surface area (Å²) in [6.07, 6.45) is 12.6. The molecule has 0 amide bonds. The molecule has 0 aromatic rings. The Morgan fingerprint density at radius 1 is 1.00 bits per heavy atom. The summed E-state index contributed by atoms with van der Waals surface area (Å²) in [5, 5.41) is 0. The summed E-state index contributed by atoms with van der Waals surface area (Å²) < 4.78 is 5.08. The van der Waals surface area contributed by atoms with E-state index in [1.807, 2.05) is 0 Å². The zero-order valence-electron chi connectivity index (χ0n) is 8.98. The molecule has 1 nitrogen and oxygen atoms in total. The van der Waals surface area contributed by atoms with Crippen LogP contribution in [0.15, 0.2) is 0 Å². The van der Waals surface area contributed by atoms with Gasteiger partial charge in [0.15, 0.2) is 0 Å². The van der Waals surface area contributed by atoms with Crippen LogP contribution in [0.2, 0.25) is 0 Å². The van der Waals surface area contributed by atoms with Gasteiger partial charge in [-0.1, -0.05) is 32.1 Å². The molecule has 1 aliphatic rings. The molecular weight excluding hydrogens is 160 g/mol. The Hall–Kier alpha value is -0.0400. The van der Waals surface area contributed by atoms with Gasteiger partial charge in [0, 0.05) is 13.7 Å². The van der Waals surface area contributed by atoms with E-state index in [2.05, 4.69) is 0 Å². The molecule has 0 aromatic carbocycles. The molecule has 1 aliphatic carbocycles. The van der Waals surface area contributed by atoms with Crippen molar-refractivity contribution in [3.8, 4) is 0 Å². The van der Waals surface area contributed by atoms with Crippen LogP contribution in [-0.2, 0) is 4.74 Å². The summed E-state index contributed by atoms with van der Waals surface area (Å²) in [4.78, 5) is 0. The fourth-order valence-corrected chi connectivity index (χ4v) is 2.12. The molecule has 77 valence electrons. The maximum absolute atomic E-state index is 5.08. The van der Waals surface area contributed by atoms with Gasteiger partial charge in [-0.2, -0.15) is 0 Å². The third-order valence-electron chi connectivity index (χ3n) is 2.94. The summed E-state index contributed by atoms with van der Waals surface area (Å²) in [6, 6.07) is 0. The van der Waals surface area contributed by atoms with Crippen molar-refractivity contribution in [2.24, 2.45) is 0 Å². The normalized spacial score (nSPS) is 21.0. The molecule has 1 fully saturated rings. The molecule has 1 heteroatoms. The Balaban J connectivity index is 2.06. The minimum Gasteiger partial charge on any atom is -0.385 e. The molecule has 0 heterocycles. The van der Waals surface area contributed by atoms with Crippen molar-refractivity contribution in [2.75, 3.05) is 13.7 Å². The van der Waals surface area contributed by atoms with Gasteiger partial charge in [0.2, 0.25) is 0 Å². The van der Waals surface area contributed by atoms with Crippen LogP contribution in [0, 0.1) is 5.92 Å². The van der Waals surface area contributed by atoms with Gasteiger partial charge in [-0.05, 0) is 31.6 Å². The lowest BCUT2D eigenvalue weighted by Crippen LogP contribution is -2.03. The lowest BCUT2D eigenvalue weighted by atomic mass is 9.88. The van der Waals surface area contributed by atoms with Crippen molar-refractivity contribution in [1.29, 1.82) is 0 Å².